The van der Waals surface area contributed by atoms with Gasteiger partial charge in [0.25, 0.3) is 0 Å². The van der Waals surface area contributed by atoms with Crippen LogP contribution in [0.15, 0.2) is 5.38 Å². The van der Waals surface area contributed by atoms with E-state index in [2.05, 4.69) is 52.2 Å². The van der Waals surface area contributed by atoms with Gasteiger partial charge in [-0.25, -0.2) is 4.98 Å². The highest BCUT2D eigenvalue weighted by Crippen LogP contribution is 2.35. The van der Waals surface area contributed by atoms with Crippen molar-refractivity contribution in [1.82, 2.24) is 10.3 Å². The Morgan fingerprint density at radius 3 is 2.28 bits per heavy atom. The van der Waals surface area contributed by atoms with Crippen LogP contribution in [0.25, 0.3) is 0 Å². The van der Waals surface area contributed by atoms with E-state index < -0.39 is 0 Å². The lowest BCUT2D eigenvalue weighted by atomic mass is 9.90. The second-order valence-corrected chi connectivity index (χ2v) is 6.86. The standard InChI is InChI=1S/C15H28N2S/c1-7-10-15(8-2,16-9-3)13-17-12(11-18-13)14(4,5)6/h11,16H,7-10H2,1-6H3. The third-order valence-electron chi connectivity index (χ3n) is 3.48. The molecule has 0 aliphatic carbocycles. The van der Waals surface area contributed by atoms with E-state index in [1.807, 2.05) is 11.3 Å². The Kier molecular flexibility index (Phi) is 5.35. The molecule has 1 aromatic heterocycles. The van der Waals surface area contributed by atoms with Crippen molar-refractivity contribution in [1.29, 1.82) is 0 Å². The monoisotopic (exact) mass is 268 g/mol. The minimum atomic E-state index is 0.0810. The van der Waals surface area contributed by atoms with E-state index in [-0.39, 0.29) is 11.0 Å². The topological polar surface area (TPSA) is 24.9 Å². The first-order chi connectivity index (χ1) is 8.39. The van der Waals surface area contributed by atoms with Gasteiger partial charge in [0.2, 0.25) is 0 Å². The van der Waals surface area contributed by atoms with Crippen LogP contribution >= 0.6 is 11.3 Å². The predicted octanol–water partition coefficient (Wildman–Crippen LogP) is 4.46. The molecule has 0 spiro atoms. The van der Waals surface area contributed by atoms with Crippen molar-refractivity contribution >= 4 is 11.3 Å². The first-order valence-electron chi connectivity index (χ1n) is 7.11. The molecular weight excluding hydrogens is 240 g/mol. The quantitative estimate of drug-likeness (QED) is 0.824. The van der Waals surface area contributed by atoms with E-state index in [9.17, 15) is 0 Å². The Morgan fingerprint density at radius 1 is 1.22 bits per heavy atom. The van der Waals surface area contributed by atoms with Gasteiger partial charge in [-0.05, 0) is 19.4 Å². The molecule has 2 nitrogen and oxygen atoms in total. The molecule has 1 aromatic rings. The van der Waals surface area contributed by atoms with Gasteiger partial charge in [-0.1, -0.05) is 48.0 Å². The fourth-order valence-corrected chi connectivity index (χ4v) is 3.65. The zero-order chi connectivity index (χ0) is 13.8. The maximum Gasteiger partial charge on any atom is 0.113 e. The van der Waals surface area contributed by atoms with E-state index in [1.54, 1.807) is 0 Å². The molecule has 3 heteroatoms. The highest BCUT2D eigenvalue weighted by atomic mass is 32.1. The highest BCUT2D eigenvalue weighted by molar-refractivity contribution is 7.09. The molecule has 0 aliphatic rings. The van der Waals surface area contributed by atoms with E-state index >= 15 is 0 Å². The summed E-state index contributed by atoms with van der Waals surface area (Å²) in [6.07, 6.45) is 3.45. The van der Waals surface area contributed by atoms with E-state index in [1.165, 1.54) is 17.1 Å². The average Bonchev–Trinajstić information content (AvgIpc) is 2.78. The van der Waals surface area contributed by atoms with E-state index in [4.69, 9.17) is 4.98 Å². The van der Waals surface area contributed by atoms with Crippen molar-refractivity contribution in [2.45, 2.75) is 71.8 Å². The smallest absolute Gasteiger partial charge is 0.113 e. The van der Waals surface area contributed by atoms with Crippen LogP contribution in [0.1, 0.15) is 71.5 Å². The number of aromatic nitrogens is 1. The van der Waals surface area contributed by atoms with Gasteiger partial charge in [-0.3, -0.25) is 0 Å². The summed E-state index contributed by atoms with van der Waals surface area (Å²) in [7, 11) is 0. The van der Waals surface area contributed by atoms with Crippen LogP contribution in [0.3, 0.4) is 0 Å². The predicted molar refractivity (Wildman–Crippen MR) is 81.4 cm³/mol. The van der Waals surface area contributed by atoms with Crippen LogP contribution < -0.4 is 5.32 Å². The van der Waals surface area contributed by atoms with Gasteiger partial charge in [-0.15, -0.1) is 11.3 Å². The first-order valence-corrected chi connectivity index (χ1v) is 7.99. The summed E-state index contributed by atoms with van der Waals surface area (Å²) in [5.41, 5.74) is 1.44. The van der Waals surface area contributed by atoms with Crippen molar-refractivity contribution in [3.05, 3.63) is 16.1 Å². The molecule has 0 radical (unpaired) electrons. The number of thiazole rings is 1. The molecule has 0 bridgehead atoms. The second kappa shape index (κ2) is 6.16. The van der Waals surface area contributed by atoms with Crippen LogP contribution in [-0.2, 0) is 11.0 Å². The minimum Gasteiger partial charge on any atom is -0.306 e. The molecule has 0 saturated carbocycles. The fourth-order valence-electron chi connectivity index (χ4n) is 2.33. The summed E-state index contributed by atoms with van der Waals surface area (Å²) in [4.78, 5) is 4.92. The zero-order valence-corrected chi connectivity index (χ0v) is 13.6. The Labute approximate surface area is 116 Å². The van der Waals surface area contributed by atoms with Crippen LogP contribution in [0, 0.1) is 0 Å². The maximum absolute atomic E-state index is 4.92. The fraction of sp³-hybridized carbons (Fsp3) is 0.800. The van der Waals surface area contributed by atoms with Gasteiger partial charge in [0.1, 0.15) is 5.01 Å². The average molecular weight is 268 g/mol. The van der Waals surface area contributed by atoms with Crippen molar-refractivity contribution in [3.63, 3.8) is 0 Å². The summed E-state index contributed by atoms with van der Waals surface area (Å²) in [6.45, 7) is 14.4. The van der Waals surface area contributed by atoms with Gasteiger partial charge in [0.15, 0.2) is 0 Å². The normalized spacial score (nSPS) is 15.7. The number of hydrogen-bond acceptors (Lipinski definition) is 3. The lowest BCUT2D eigenvalue weighted by Crippen LogP contribution is -2.41. The molecule has 0 amide bonds. The molecule has 1 rings (SSSR count). The van der Waals surface area contributed by atoms with Crippen LogP contribution in [-0.4, -0.2) is 11.5 Å². The third-order valence-corrected chi connectivity index (χ3v) is 4.52. The largest absolute Gasteiger partial charge is 0.306 e. The highest BCUT2D eigenvalue weighted by Gasteiger charge is 2.32. The maximum atomic E-state index is 4.92. The van der Waals surface area contributed by atoms with Gasteiger partial charge >= 0.3 is 0 Å². The Bertz CT molecular complexity index is 357. The summed E-state index contributed by atoms with van der Waals surface area (Å²) in [5.74, 6) is 0. The Morgan fingerprint density at radius 2 is 1.89 bits per heavy atom. The first kappa shape index (κ1) is 15.6. The molecule has 0 aliphatic heterocycles. The molecule has 18 heavy (non-hydrogen) atoms. The van der Waals surface area contributed by atoms with E-state index in [0.717, 1.165) is 19.4 Å². The molecule has 1 unspecified atom stereocenters. The van der Waals surface area contributed by atoms with Crippen molar-refractivity contribution < 1.29 is 0 Å². The summed E-state index contributed by atoms with van der Waals surface area (Å²) in [5, 5.41) is 7.17. The number of hydrogen-bond donors (Lipinski definition) is 1. The third kappa shape index (κ3) is 3.33. The van der Waals surface area contributed by atoms with Crippen molar-refractivity contribution in [2.75, 3.05) is 6.54 Å². The van der Waals surface area contributed by atoms with Gasteiger partial charge in [-0.2, -0.15) is 0 Å². The second-order valence-electron chi connectivity index (χ2n) is 6.00. The van der Waals surface area contributed by atoms with Gasteiger partial charge in [0, 0.05) is 10.8 Å². The van der Waals surface area contributed by atoms with Gasteiger partial charge < -0.3 is 5.32 Å². The molecule has 0 saturated heterocycles. The van der Waals surface area contributed by atoms with Crippen molar-refractivity contribution in [3.8, 4) is 0 Å². The lowest BCUT2D eigenvalue weighted by molar-refractivity contribution is 0.298. The van der Waals surface area contributed by atoms with E-state index in [0.29, 0.717) is 0 Å². The lowest BCUT2D eigenvalue weighted by Gasteiger charge is -2.31. The molecule has 1 heterocycles. The molecule has 1 N–H and O–H groups in total. The molecule has 0 aromatic carbocycles. The zero-order valence-electron chi connectivity index (χ0n) is 12.8. The summed E-state index contributed by atoms with van der Waals surface area (Å²) in [6, 6.07) is 0. The van der Waals surface area contributed by atoms with Crippen LogP contribution in [0.4, 0.5) is 0 Å². The SMILES string of the molecule is CCCC(CC)(NCC)c1nc(C(C)(C)C)cs1. The number of nitrogens with zero attached hydrogens (tertiary/aromatic N) is 1. The number of nitrogens with one attached hydrogen (secondary N) is 1. The Hall–Kier alpha value is -0.410. The molecule has 0 fully saturated rings. The van der Waals surface area contributed by atoms with Crippen molar-refractivity contribution in [2.24, 2.45) is 0 Å². The summed E-state index contributed by atoms with van der Waals surface area (Å²) < 4.78 is 0. The molecule has 104 valence electrons. The summed E-state index contributed by atoms with van der Waals surface area (Å²) >= 11 is 1.81. The molecular formula is C15H28N2S. The van der Waals surface area contributed by atoms with Crippen LogP contribution in [0.5, 0.6) is 0 Å². The van der Waals surface area contributed by atoms with Crippen LogP contribution in [0.2, 0.25) is 0 Å². The minimum absolute atomic E-state index is 0.0810. The van der Waals surface area contributed by atoms with Gasteiger partial charge in [0.05, 0.1) is 11.2 Å². The number of rotatable bonds is 6. The Balaban J connectivity index is 3.09. The molecule has 1 atom stereocenters.